The van der Waals surface area contributed by atoms with Crippen LogP contribution in [0.25, 0.3) is 0 Å². The van der Waals surface area contributed by atoms with Gasteiger partial charge in [0.15, 0.2) is 0 Å². The predicted octanol–water partition coefficient (Wildman–Crippen LogP) is 6.46. The minimum Gasteiger partial charge on any atom is -0.508 e. The average Bonchev–Trinajstić information content (AvgIpc) is 2.64. The Labute approximate surface area is 160 Å². The molecular formula is C22H29BrO2. The second kappa shape index (κ2) is 11.2. The zero-order valence-corrected chi connectivity index (χ0v) is 16.7. The van der Waals surface area contributed by atoms with E-state index in [1.807, 2.05) is 12.1 Å². The van der Waals surface area contributed by atoms with Gasteiger partial charge in [0, 0.05) is 5.33 Å². The van der Waals surface area contributed by atoms with E-state index < -0.39 is 0 Å². The lowest BCUT2D eigenvalue weighted by Gasteiger charge is -2.15. The van der Waals surface area contributed by atoms with Crippen LogP contribution in [0.2, 0.25) is 0 Å². The van der Waals surface area contributed by atoms with Crippen LogP contribution in [0, 0.1) is 0 Å². The molecule has 0 amide bonds. The fraction of sp³-hybridized carbons (Fsp3) is 0.455. The van der Waals surface area contributed by atoms with Crippen LogP contribution in [0.15, 0.2) is 48.5 Å². The monoisotopic (exact) mass is 404 g/mol. The van der Waals surface area contributed by atoms with Crippen LogP contribution in [0.3, 0.4) is 0 Å². The normalized spacial score (nSPS) is 12.1. The molecule has 2 nitrogen and oxygen atoms in total. The minimum atomic E-state index is 0.341. The van der Waals surface area contributed by atoms with Gasteiger partial charge in [0.05, 0.1) is 6.61 Å². The maximum absolute atomic E-state index is 9.43. The van der Waals surface area contributed by atoms with E-state index >= 15 is 0 Å². The number of rotatable bonds is 11. The highest BCUT2D eigenvalue weighted by atomic mass is 79.9. The van der Waals surface area contributed by atoms with E-state index in [0.717, 1.165) is 43.4 Å². The lowest BCUT2D eigenvalue weighted by Crippen LogP contribution is -1.99. The highest BCUT2D eigenvalue weighted by molar-refractivity contribution is 9.09. The summed E-state index contributed by atoms with van der Waals surface area (Å²) in [5.41, 5.74) is 2.70. The van der Waals surface area contributed by atoms with E-state index in [0.29, 0.717) is 11.7 Å². The summed E-state index contributed by atoms with van der Waals surface area (Å²) in [7, 11) is 0. The minimum absolute atomic E-state index is 0.341. The number of unbranched alkanes of at least 4 members (excludes halogenated alkanes) is 1. The van der Waals surface area contributed by atoms with Crippen molar-refractivity contribution in [2.24, 2.45) is 0 Å². The molecule has 1 unspecified atom stereocenters. The summed E-state index contributed by atoms with van der Waals surface area (Å²) in [5, 5.41) is 10.5. The fourth-order valence-corrected chi connectivity index (χ4v) is 3.44. The Morgan fingerprint density at radius 1 is 0.960 bits per heavy atom. The van der Waals surface area contributed by atoms with Gasteiger partial charge in [-0.15, -0.1) is 0 Å². The molecule has 0 bridgehead atoms. The van der Waals surface area contributed by atoms with E-state index in [2.05, 4.69) is 47.1 Å². The molecule has 25 heavy (non-hydrogen) atoms. The van der Waals surface area contributed by atoms with Crippen LogP contribution in [0.4, 0.5) is 0 Å². The third kappa shape index (κ3) is 7.11. The topological polar surface area (TPSA) is 29.5 Å². The first-order chi connectivity index (χ1) is 12.2. The predicted molar refractivity (Wildman–Crippen MR) is 109 cm³/mol. The van der Waals surface area contributed by atoms with Gasteiger partial charge in [-0.05, 0) is 79.8 Å². The second-order valence-electron chi connectivity index (χ2n) is 6.48. The molecule has 136 valence electrons. The SMILES string of the molecule is CCC(CCCc1ccc(OCCCCBr)cc1)c1ccc(O)cc1. The van der Waals surface area contributed by atoms with Gasteiger partial charge in [0.1, 0.15) is 11.5 Å². The Balaban J connectivity index is 1.75. The Kier molecular flexibility index (Phi) is 8.89. The molecule has 3 heteroatoms. The van der Waals surface area contributed by atoms with Gasteiger partial charge in [0.2, 0.25) is 0 Å². The number of aromatic hydroxyl groups is 1. The van der Waals surface area contributed by atoms with Crippen molar-refractivity contribution in [3.63, 3.8) is 0 Å². The third-order valence-corrected chi connectivity index (χ3v) is 5.16. The van der Waals surface area contributed by atoms with Crippen molar-refractivity contribution in [2.75, 3.05) is 11.9 Å². The summed E-state index contributed by atoms with van der Waals surface area (Å²) in [6.45, 7) is 3.02. The summed E-state index contributed by atoms with van der Waals surface area (Å²) in [5.74, 6) is 1.87. The third-order valence-electron chi connectivity index (χ3n) is 4.60. The molecule has 0 spiro atoms. The Hall–Kier alpha value is -1.48. The smallest absolute Gasteiger partial charge is 0.119 e. The van der Waals surface area contributed by atoms with Gasteiger partial charge >= 0.3 is 0 Å². The number of hydrogen-bond acceptors (Lipinski definition) is 2. The van der Waals surface area contributed by atoms with Crippen molar-refractivity contribution in [2.45, 2.75) is 51.4 Å². The van der Waals surface area contributed by atoms with Crippen LogP contribution in [-0.4, -0.2) is 17.0 Å². The summed E-state index contributed by atoms with van der Waals surface area (Å²) in [6.07, 6.45) is 6.81. The maximum Gasteiger partial charge on any atom is 0.119 e. The number of phenolic OH excluding ortho intramolecular Hbond substituents is 1. The molecule has 0 aliphatic rings. The average molecular weight is 405 g/mol. The van der Waals surface area contributed by atoms with Crippen LogP contribution >= 0.6 is 15.9 Å². The Bertz CT molecular complexity index is 592. The van der Waals surface area contributed by atoms with E-state index in [1.54, 1.807) is 12.1 Å². The highest BCUT2D eigenvalue weighted by Gasteiger charge is 2.09. The van der Waals surface area contributed by atoms with Gasteiger partial charge < -0.3 is 9.84 Å². The van der Waals surface area contributed by atoms with E-state index in [-0.39, 0.29) is 0 Å². The molecule has 0 aliphatic carbocycles. The molecule has 0 aromatic heterocycles. The van der Waals surface area contributed by atoms with Crippen molar-refractivity contribution < 1.29 is 9.84 Å². The molecule has 2 rings (SSSR count). The van der Waals surface area contributed by atoms with E-state index in [1.165, 1.54) is 24.0 Å². The van der Waals surface area contributed by atoms with Crippen molar-refractivity contribution >= 4 is 15.9 Å². The molecule has 2 aromatic rings. The summed E-state index contributed by atoms with van der Waals surface area (Å²) in [6, 6.07) is 16.2. The number of halogens is 1. The van der Waals surface area contributed by atoms with Gasteiger partial charge in [-0.1, -0.05) is 47.1 Å². The zero-order valence-electron chi connectivity index (χ0n) is 15.1. The first-order valence-electron chi connectivity index (χ1n) is 9.29. The van der Waals surface area contributed by atoms with Crippen LogP contribution in [-0.2, 0) is 6.42 Å². The molecular weight excluding hydrogens is 376 g/mol. The number of hydrogen-bond donors (Lipinski definition) is 1. The van der Waals surface area contributed by atoms with Gasteiger partial charge in [-0.3, -0.25) is 0 Å². The van der Waals surface area contributed by atoms with E-state index in [9.17, 15) is 5.11 Å². The second-order valence-corrected chi connectivity index (χ2v) is 7.27. The molecule has 2 aromatic carbocycles. The summed E-state index contributed by atoms with van der Waals surface area (Å²) >= 11 is 3.44. The first kappa shape index (κ1) is 19.8. The van der Waals surface area contributed by atoms with Crippen molar-refractivity contribution in [3.8, 4) is 11.5 Å². The Morgan fingerprint density at radius 2 is 1.68 bits per heavy atom. The quantitative estimate of drug-likeness (QED) is 0.343. The Morgan fingerprint density at radius 3 is 2.32 bits per heavy atom. The highest BCUT2D eigenvalue weighted by Crippen LogP contribution is 2.27. The molecule has 1 N–H and O–H groups in total. The number of benzene rings is 2. The summed E-state index contributed by atoms with van der Waals surface area (Å²) in [4.78, 5) is 0. The van der Waals surface area contributed by atoms with Gasteiger partial charge in [-0.25, -0.2) is 0 Å². The number of aryl methyl sites for hydroxylation is 1. The number of phenols is 1. The molecule has 0 saturated carbocycles. The van der Waals surface area contributed by atoms with Crippen molar-refractivity contribution in [3.05, 3.63) is 59.7 Å². The van der Waals surface area contributed by atoms with Crippen LogP contribution < -0.4 is 4.74 Å². The molecule has 0 saturated heterocycles. The van der Waals surface area contributed by atoms with Gasteiger partial charge in [0.25, 0.3) is 0 Å². The lowest BCUT2D eigenvalue weighted by atomic mass is 9.90. The van der Waals surface area contributed by atoms with Gasteiger partial charge in [-0.2, -0.15) is 0 Å². The maximum atomic E-state index is 9.43. The molecule has 0 aliphatic heterocycles. The van der Waals surface area contributed by atoms with Crippen LogP contribution in [0.1, 0.15) is 56.1 Å². The zero-order chi connectivity index (χ0) is 17.9. The lowest BCUT2D eigenvalue weighted by molar-refractivity contribution is 0.310. The number of ether oxygens (including phenoxy) is 1. The fourth-order valence-electron chi connectivity index (χ4n) is 3.04. The number of alkyl halides is 1. The van der Waals surface area contributed by atoms with E-state index in [4.69, 9.17) is 4.74 Å². The molecule has 0 heterocycles. The van der Waals surface area contributed by atoms with Crippen LogP contribution in [0.5, 0.6) is 11.5 Å². The molecule has 0 radical (unpaired) electrons. The van der Waals surface area contributed by atoms with Crippen molar-refractivity contribution in [1.82, 2.24) is 0 Å². The molecule has 1 atom stereocenters. The van der Waals surface area contributed by atoms with Crippen molar-refractivity contribution in [1.29, 1.82) is 0 Å². The largest absolute Gasteiger partial charge is 0.508 e. The molecule has 0 fully saturated rings. The standard InChI is InChI=1S/C22H29BrO2/c1-2-19(20-10-12-21(24)13-11-20)7-5-6-18-8-14-22(15-9-18)25-17-4-3-16-23/h8-15,19,24H,2-7,16-17H2,1H3. The summed E-state index contributed by atoms with van der Waals surface area (Å²) < 4.78 is 5.75. The first-order valence-corrected chi connectivity index (χ1v) is 10.4.